The van der Waals surface area contributed by atoms with Gasteiger partial charge >= 0.3 is 0 Å². The number of hydrogen-bond acceptors (Lipinski definition) is 5. The molecule has 5 nitrogen and oxygen atoms in total. The summed E-state index contributed by atoms with van der Waals surface area (Å²) in [5, 5.41) is 7.39. The van der Waals surface area contributed by atoms with E-state index in [1.165, 1.54) is 0 Å². The minimum absolute atomic E-state index is 0.401. The number of hydrogen-bond donors (Lipinski definition) is 1. The van der Waals surface area contributed by atoms with Crippen molar-refractivity contribution in [1.82, 2.24) is 15.5 Å². The van der Waals surface area contributed by atoms with Crippen LogP contribution in [0.25, 0.3) is 11.4 Å². The molecule has 0 radical (unpaired) electrons. The largest absolute Gasteiger partial charge is 0.472 e. The maximum Gasteiger partial charge on any atom is 0.228 e. The second-order valence-corrected chi connectivity index (χ2v) is 4.27. The van der Waals surface area contributed by atoms with Gasteiger partial charge in [0, 0.05) is 12.5 Å². The van der Waals surface area contributed by atoms with Crippen LogP contribution in [-0.4, -0.2) is 22.7 Å². The molecule has 1 N–H and O–H groups in total. The van der Waals surface area contributed by atoms with Gasteiger partial charge < -0.3 is 14.3 Å². The van der Waals surface area contributed by atoms with E-state index in [4.69, 9.17) is 8.94 Å². The van der Waals surface area contributed by atoms with Crippen molar-refractivity contribution >= 4 is 0 Å². The molecule has 1 unspecified atom stereocenters. The van der Waals surface area contributed by atoms with E-state index >= 15 is 0 Å². The van der Waals surface area contributed by atoms with Crippen LogP contribution in [0.2, 0.25) is 0 Å². The number of nitrogens with one attached hydrogen (secondary N) is 1. The van der Waals surface area contributed by atoms with Gasteiger partial charge in [0.1, 0.15) is 6.26 Å². The lowest BCUT2D eigenvalue weighted by Crippen LogP contribution is -2.30. The number of aromatic nitrogens is 2. The molecule has 5 heteroatoms. The first kappa shape index (κ1) is 12.8. The highest BCUT2D eigenvalue weighted by Crippen LogP contribution is 2.16. The fourth-order valence-electron chi connectivity index (χ4n) is 1.97. The second kappa shape index (κ2) is 6.35. The van der Waals surface area contributed by atoms with Crippen molar-refractivity contribution in [1.29, 1.82) is 0 Å². The van der Waals surface area contributed by atoms with E-state index in [1.807, 2.05) is 6.07 Å². The lowest BCUT2D eigenvalue weighted by atomic mass is 10.1. The van der Waals surface area contributed by atoms with Crippen LogP contribution >= 0.6 is 0 Å². The van der Waals surface area contributed by atoms with Crippen LogP contribution in [0, 0.1) is 0 Å². The van der Waals surface area contributed by atoms with Gasteiger partial charge in [-0.1, -0.05) is 25.4 Å². The topological polar surface area (TPSA) is 64.1 Å². The predicted molar refractivity (Wildman–Crippen MR) is 68.1 cm³/mol. The summed E-state index contributed by atoms with van der Waals surface area (Å²) >= 11 is 0. The molecule has 0 saturated heterocycles. The van der Waals surface area contributed by atoms with Crippen molar-refractivity contribution in [2.75, 3.05) is 6.54 Å². The van der Waals surface area contributed by atoms with Crippen LogP contribution < -0.4 is 5.32 Å². The predicted octanol–water partition coefficient (Wildman–Crippen LogP) is 2.65. The first-order valence-corrected chi connectivity index (χ1v) is 6.42. The average molecular weight is 249 g/mol. The molecule has 0 aliphatic heterocycles. The molecular weight excluding hydrogens is 230 g/mol. The third-order valence-corrected chi connectivity index (χ3v) is 2.80. The first-order chi connectivity index (χ1) is 8.83. The van der Waals surface area contributed by atoms with Crippen molar-refractivity contribution in [3.8, 4) is 11.4 Å². The highest BCUT2D eigenvalue weighted by Gasteiger charge is 2.14. The molecule has 1 atom stereocenters. The van der Waals surface area contributed by atoms with E-state index in [0.29, 0.717) is 17.8 Å². The van der Waals surface area contributed by atoms with Crippen LogP contribution in [0.15, 0.2) is 27.5 Å². The van der Waals surface area contributed by atoms with E-state index in [1.54, 1.807) is 12.5 Å². The SMILES string of the molecule is CCCC(Cc1nc(-c2ccoc2)no1)NCC. The van der Waals surface area contributed by atoms with Gasteiger partial charge in [0.15, 0.2) is 0 Å². The minimum Gasteiger partial charge on any atom is -0.472 e. The van der Waals surface area contributed by atoms with Crippen molar-refractivity contribution in [3.05, 3.63) is 24.5 Å². The molecule has 98 valence electrons. The molecule has 2 aromatic heterocycles. The molecule has 2 aromatic rings. The van der Waals surface area contributed by atoms with Crippen LogP contribution in [0.1, 0.15) is 32.6 Å². The average Bonchev–Trinajstić information content (AvgIpc) is 2.98. The molecule has 18 heavy (non-hydrogen) atoms. The molecule has 0 amide bonds. The first-order valence-electron chi connectivity index (χ1n) is 6.42. The zero-order chi connectivity index (χ0) is 12.8. The van der Waals surface area contributed by atoms with Crippen molar-refractivity contribution < 1.29 is 8.94 Å². The number of rotatable bonds is 7. The van der Waals surface area contributed by atoms with Gasteiger partial charge in [-0.2, -0.15) is 4.98 Å². The number of nitrogens with zero attached hydrogens (tertiary/aromatic N) is 2. The molecule has 2 rings (SSSR count). The minimum atomic E-state index is 0.401. The Labute approximate surface area is 107 Å². The van der Waals surface area contributed by atoms with Gasteiger partial charge in [-0.3, -0.25) is 0 Å². The zero-order valence-electron chi connectivity index (χ0n) is 10.8. The quantitative estimate of drug-likeness (QED) is 0.817. The summed E-state index contributed by atoms with van der Waals surface area (Å²) < 4.78 is 10.3. The fourth-order valence-corrected chi connectivity index (χ4v) is 1.97. The lowest BCUT2D eigenvalue weighted by molar-refractivity contribution is 0.352. The number of likely N-dealkylation sites (N-methyl/N-ethyl adjacent to an activating group) is 1. The Bertz CT molecular complexity index is 445. The third-order valence-electron chi connectivity index (χ3n) is 2.80. The molecule has 0 fully saturated rings. The van der Waals surface area contributed by atoms with E-state index in [2.05, 4.69) is 29.3 Å². The highest BCUT2D eigenvalue weighted by molar-refractivity contribution is 5.51. The Morgan fingerprint density at radius 3 is 2.94 bits per heavy atom. The van der Waals surface area contributed by atoms with Gasteiger partial charge in [0.2, 0.25) is 11.7 Å². The smallest absolute Gasteiger partial charge is 0.228 e. The summed E-state index contributed by atoms with van der Waals surface area (Å²) in [5.74, 6) is 1.26. The zero-order valence-corrected chi connectivity index (χ0v) is 10.8. The second-order valence-electron chi connectivity index (χ2n) is 4.27. The Hall–Kier alpha value is -1.62. The molecule has 2 heterocycles. The van der Waals surface area contributed by atoms with Crippen LogP contribution in [0.5, 0.6) is 0 Å². The van der Waals surface area contributed by atoms with E-state index in [9.17, 15) is 0 Å². The monoisotopic (exact) mass is 249 g/mol. The summed E-state index contributed by atoms with van der Waals surface area (Å²) in [4.78, 5) is 4.38. The summed E-state index contributed by atoms with van der Waals surface area (Å²) in [5.41, 5.74) is 0.848. The van der Waals surface area contributed by atoms with Gasteiger partial charge in [-0.05, 0) is 19.0 Å². The molecule has 0 bridgehead atoms. The summed E-state index contributed by atoms with van der Waals surface area (Å²) in [7, 11) is 0. The summed E-state index contributed by atoms with van der Waals surface area (Å²) in [6.45, 7) is 5.23. The Morgan fingerprint density at radius 1 is 1.39 bits per heavy atom. The molecule has 0 aromatic carbocycles. The summed E-state index contributed by atoms with van der Waals surface area (Å²) in [6, 6.07) is 2.22. The van der Waals surface area contributed by atoms with E-state index < -0.39 is 0 Å². The molecular formula is C13H19N3O2. The highest BCUT2D eigenvalue weighted by atomic mass is 16.5. The third kappa shape index (κ3) is 3.20. The van der Waals surface area contributed by atoms with Crippen LogP contribution in [-0.2, 0) is 6.42 Å². The van der Waals surface area contributed by atoms with Gasteiger partial charge in [-0.15, -0.1) is 0 Å². The van der Waals surface area contributed by atoms with Gasteiger partial charge in [0.05, 0.1) is 11.8 Å². The van der Waals surface area contributed by atoms with Crippen LogP contribution in [0.3, 0.4) is 0 Å². The van der Waals surface area contributed by atoms with Crippen molar-refractivity contribution in [2.24, 2.45) is 0 Å². The molecule has 0 spiro atoms. The Kier molecular flexibility index (Phi) is 4.52. The maximum absolute atomic E-state index is 5.27. The van der Waals surface area contributed by atoms with Gasteiger partial charge in [0.25, 0.3) is 0 Å². The molecule has 0 aliphatic carbocycles. The normalized spacial score (nSPS) is 12.8. The van der Waals surface area contributed by atoms with Crippen molar-refractivity contribution in [2.45, 2.75) is 39.2 Å². The lowest BCUT2D eigenvalue weighted by Gasteiger charge is -2.14. The standard InChI is InChI=1S/C13H19N3O2/c1-3-5-11(14-4-2)8-12-15-13(16-18-12)10-6-7-17-9-10/h6-7,9,11,14H,3-5,8H2,1-2H3. The maximum atomic E-state index is 5.27. The summed E-state index contributed by atoms with van der Waals surface area (Å²) in [6.07, 6.45) is 6.23. The van der Waals surface area contributed by atoms with Crippen molar-refractivity contribution in [3.63, 3.8) is 0 Å². The van der Waals surface area contributed by atoms with E-state index in [-0.39, 0.29) is 0 Å². The van der Waals surface area contributed by atoms with E-state index in [0.717, 1.165) is 31.4 Å². The Morgan fingerprint density at radius 2 is 2.28 bits per heavy atom. The van der Waals surface area contributed by atoms with Gasteiger partial charge in [-0.25, -0.2) is 0 Å². The molecule has 0 saturated carbocycles. The Balaban J connectivity index is 2.01. The van der Waals surface area contributed by atoms with Crippen LogP contribution in [0.4, 0.5) is 0 Å². The fraction of sp³-hybridized carbons (Fsp3) is 0.538. The number of furan rings is 1. The molecule has 0 aliphatic rings.